The fourth-order valence-corrected chi connectivity index (χ4v) is 5.12. The third-order valence-corrected chi connectivity index (χ3v) is 6.65. The van der Waals surface area contributed by atoms with Crippen LogP contribution in [0.3, 0.4) is 0 Å². The lowest BCUT2D eigenvalue weighted by molar-refractivity contribution is -0.142. The van der Waals surface area contributed by atoms with Crippen LogP contribution in [-0.2, 0) is 25.6 Å². The quantitative estimate of drug-likeness (QED) is 0.264. The number of aromatic nitrogens is 5. The minimum Gasteiger partial charge on any atom is -0.384 e. The van der Waals surface area contributed by atoms with Gasteiger partial charge in [-0.25, -0.2) is 19.1 Å². The number of nitrogens with zero attached hydrogens (tertiary/aromatic N) is 5. The molecule has 0 saturated heterocycles. The molecule has 3 aromatic heterocycles. The minimum absolute atomic E-state index is 0.0601. The van der Waals surface area contributed by atoms with Gasteiger partial charge in [0.1, 0.15) is 12.4 Å². The lowest BCUT2D eigenvalue weighted by Crippen LogP contribution is -2.30. The Morgan fingerprint density at radius 2 is 1.92 bits per heavy atom. The van der Waals surface area contributed by atoms with Crippen LogP contribution in [0.15, 0.2) is 36.5 Å². The number of urea groups is 1. The summed E-state index contributed by atoms with van der Waals surface area (Å²) in [6.45, 7) is -1.26. The molecule has 0 fully saturated rings. The number of anilines is 2. The zero-order valence-corrected chi connectivity index (χ0v) is 20.0. The van der Waals surface area contributed by atoms with Crippen molar-refractivity contribution in [3.05, 3.63) is 59.0 Å². The molecule has 0 aliphatic heterocycles. The number of hydrogen-bond acceptors (Lipinski definition) is 6. The number of para-hydroxylation sites is 1. The van der Waals surface area contributed by atoms with E-state index >= 15 is 0 Å². The molecule has 1 aromatic carbocycles. The average Bonchev–Trinajstić information content (AvgIpc) is 3.54. The summed E-state index contributed by atoms with van der Waals surface area (Å²) in [5.41, 5.74) is 6.68. The summed E-state index contributed by atoms with van der Waals surface area (Å²) < 4.78 is 80.2. The number of nitrogens with two attached hydrogens (primary N) is 1. The molecule has 1 aliphatic rings. The number of amides is 2. The largest absolute Gasteiger partial charge is 0.418 e. The number of carbonyl (C=O) groups is 1. The minimum atomic E-state index is -4.57. The standard InChI is InChI=1S/C22H18F6N8OS/c23-21(24,25)10-35-16(29)8-12(34-35)5-6-30-19(37)33-20-32-14-7-11-9-31-36(17(11)18(14)38-20)15-4-2-1-3-13(15)22(26,27)28/h1-4,8-9H,5-7,10,29H2,(H2,30,32,33,37). The van der Waals surface area contributed by atoms with Gasteiger partial charge < -0.3 is 11.1 Å². The molecule has 0 unspecified atom stereocenters. The van der Waals surface area contributed by atoms with Gasteiger partial charge in [0.2, 0.25) is 0 Å². The van der Waals surface area contributed by atoms with Gasteiger partial charge in [-0.2, -0.15) is 36.5 Å². The first-order valence-corrected chi connectivity index (χ1v) is 11.9. The third-order valence-electron chi connectivity index (χ3n) is 5.63. The average molecular weight is 556 g/mol. The predicted molar refractivity (Wildman–Crippen MR) is 126 cm³/mol. The number of benzene rings is 1. The van der Waals surface area contributed by atoms with E-state index in [0.29, 0.717) is 27.4 Å². The second-order valence-corrected chi connectivity index (χ2v) is 9.38. The Balaban J connectivity index is 1.25. The highest BCUT2D eigenvalue weighted by Crippen LogP contribution is 2.44. The fourth-order valence-electron chi connectivity index (χ4n) is 4.08. The molecule has 1 aliphatic carbocycles. The number of nitrogen functional groups attached to an aromatic ring is 1. The summed E-state index contributed by atoms with van der Waals surface area (Å²) >= 11 is 1.10. The van der Waals surface area contributed by atoms with Crippen molar-refractivity contribution in [1.29, 1.82) is 0 Å². The Morgan fingerprint density at radius 3 is 2.66 bits per heavy atom. The van der Waals surface area contributed by atoms with Gasteiger partial charge >= 0.3 is 18.4 Å². The monoisotopic (exact) mass is 556 g/mol. The summed E-state index contributed by atoms with van der Waals surface area (Å²) in [5.74, 6) is -0.143. The number of carbonyl (C=O) groups excluding carboxylic acids is 1. The smallest absolute Gasteiger partial charge is 0.384 e. The molecule has 16 heteroatoms. The molecule has 9 nitrogen and oxygen atoms in total. The normalized spacial score (nSPS) is 12.9. The lowest BCUT2D eigenvalue weighted by atomic mass is 10.1. The van der Waals surface area contributed by atoms with E-state index in [9.17, 15) is 31.1 Å². The maximum Gasteiger partial charge on any atom is 0.418 e. The van der Waals surface area contributed by atoms with E-state index in [-0.39, 0.29) is 35.3 Å². The van der Waals surface area contributed by atoms with Crippen LogP contribution in [0, 0.1) is 0 Å². The summed E-state index contributed by atoms with van der Waals surface area (Å²) in [6.07, 6.45) is -7.06. The van der Waals surface area contributed by atoms with Gasteiger partial charge in [0.15, 0.2) is 5.13 Å². The first-order chi connectivity index (χ1) is 17.9. The van der Waals surface area contributed by atoms with E-state index in [2.05, 4.69) is 25.8 Å². The van der Waals surface area contributed by atoms with Gasteiger partial charge in [-0.05, 0) is 12.1 Å². The van der Waals surface area contributed by atoms with Crippen LogP contribution in [0.25, 0.3) is 16.3 Å². The third kappa shape index (κ3) is 5.16. The van der Waals surface area contributed by atoms with E-state index in [4.69, 9.17) is 5.73 Å². The van der Waals surface area contributed by atoms with Crippen molar-refractivity contribution in [2.45, 2.75) is 31.7 Å². The van der Waals surface area contributed by atoms with Crippen molar-refractivity contribution >= 4 is 28.3 Å². The van der Waals surface area contributed by atoms with Crippen molar-refractivity contribution in [3.63, 3.8) is 0 Å². The number of alkyl halides is 6. The highest BCUT2D eigenvalue weighted by atomic mass is 32.1. The molecule has 0 radical (unpaired) electrons. The first kappa shape index (κ1) is 25.6. The van der Waals surface area contributed by atoms with Gasteiger partial charge in [0, 0.05) is 31.0 Å². The number of thiazole rings is 1. The van der Waals surface area contributed by atoms with Crippen LogP contribution >= 0.6 is 11.3 Å². The highest BCUT2D eigenvalue weighted by Gasteiger charge is 2.36. The Labute approximate surface area is 214 Å². The molecule has 0 bridgehead atoms. The molecule has 38 heavy (non-hydrogen) atoms. The van der Waals surface area contributed by atoms with Crippen LogP contribution in [0.1, 0.15) is 22.5 Å². The molecule has 3 heterocycles. The maximum atomic E-state index is 13.6. The predicted octanol–water partition coefficient (Wildman–Crippen LogP) is 4.62. The second-order valence-electron chi connectivity index (χ2n) is 8.38. The Bertz CT molecular complexity index is 1500. The Hall–Kier alpha value is -4.08. The Morgan fingerprint density at radius 1 is 1.16 bits per heavy atom. The van der Waals surface area contributed by atoms with Gasteiger partial charge in [-0.15, -0.1) is 0 Å². The molecule has 0 atom stereocenters. The molecule has 5 rings (SSSR count). The second kappa shape index (κ2) is 9.34. The van der Waals surface area contributed by atoms with Gasteiger partial charge in [0.25, 0.3) is 0 Å². The number of halogens is 6. The SMILES string of the molecule is Nc1cc(CCNC(=O)Nc2nc3c(s2)-c2c(cnn2-c2ccccc2C(F)(F)F)C3)nn1CC(F)(F)F. The van der Waals surface area contributed by atoms with Crippen LogP contribution in [-0.4, -0.2) is 43.3 Å². The number of hydrogen-bond donors (Lipinski definition) is 3. The molecular formula is C22H18F6N8OS. The van der Waals surface area contributed by atoms with E-state index < -0.39 is 30.5 Å². The van der Waals surface area contributed by atoms with Gasteiger partial charge in [-0.3, -0.25) is 5.32 Å². The van der Waals surface area contributed by atoms with E-state index in [1.54, 1.807) is 0 Å². The van der Waals surface area contributed by atoms with Crippen molar-refractivity contribution in [2.24, 2.45) is 0 Å². The topological polar surface area (TPSA) is 116 Å². The van der Waals surface area contributed by atoms with Crippen LogP contribution in [0.2, 0.25) is 0 Å². The van der Waals surface area contributed by atoms with Crippen molar-refractivity contribution in [2.75, 3.05) is 17.6 Å². The molecule has 4 aromatic rings. The molecule has 200 valence electrons. The van der Waals surface area contributed by atoms with Crippen LogP contribution < -0.4 is 16.4 Å². The van der Waals surface area contributed by atoms with E-state index in [0.717, 1.165) is 23.0 Å². The molecule has 4 N–H and O–H groups in total. The van der Waals surface area contributed by atoms with Crippen molar-refractivity contribution in [1.82, 2.24) is 29.9 Å². The van der Waals surface area contributed by atoms with E-state index in [1.807, 2.05) is 0 Å². The van der Waals surface area contributed by atoms with Crippen LogP contribution in [0.5, 0.6) is 0 Å². The molecule has 0 saturated carbocycles. The lowest BCUT2D eigenvalue weighted by Gasteiger charge is -2.14. The Kier molecular flexibility index (Phi) is 6.28. The van der Waals surface area contributed by atoms with Crippen LogP contribution in [0.4, 0.5) is 42.1 Å². The summed E-state index contributed by atoms with van der Waals surface area (Å²) in [4.78, 5) is 17.3. The first-order valence-electron chi connectivity index (χ1n) is 11.1. The van der Waals surface area contributed by atoms with Gasteiger partial charge in [-0.1, -0.05) is 23.5 Å². The summed E-state index contributed by atoms with van der Waals surface area (Å²) in [5, 5.41) is 13.3. The van der Waals surface area contributed by atoms with Gasteiger partial charge in [0.05, 0.1) is 39.4 Å². The fraction of sp³-hybridized carbons (Fsp3) is 0.273. The summed E-state index contributed by atoms with van der Waals surface area (Å²) in [7, 11) is 0. The molecular weight excluding hydrogens is 538 g/mol. The molecule has 0 spiro atoms. The number of rotatable bonds is 6. The van der Waals surface area contributed by atoms with Crippen molar-refractivity contribution < 1.29 is 31.1 Å². The number of nitrogens with one attached hydrogen (secondary N) is 2. The maximum absolute atomic E-state index is 13.6. The van der Waals surface area contributed by atoms with Crippen molar-refractivity contribution in [3.8, 4) is 16.3 Å². The summed E-state index contributed by atoms with van der Waals surface area (Å²) in [6, 6.07) is 5.80. The zero-order valence-electron chi connectivity index (χ0n) is 19.2. The number of fused-ring (bicyclic) bond motifs is 3. The molecule has 2 amide bonds. The highest BCUT2D eigenvalue weighted by molar-refractivity contribution is 7.19. The van der Waals surface area contributed by atoms with E-state index in [1.165, 1.54) is 35.1 Å². The zero-order chi connectivity index (χ0) is 27.2.